The molecular formula is C19H21N3O5. The fraction of sp³-hybridized carbons (Fsp3) is 0.316. The van der Waals surface area contributed by atoms with Crippen LogP contribution in [-0.2, 0) is 14.3 Å². The molecule has 8 heteroatoms. The Bertz CT molecular complexity index is 876. The predicted octanol–water partition coefficient (Wildman–Crippen LogP) is 2.05. The number of amides is 2. The van der Waals surface area contributed by atoms with Crippen molar-refractivity contribution >= 4 is 23.9 Å². The number of hydrogen-bond donors (Lipinski definition) is 2. The average molecular weight is 371 g/mol. The molecule has 0 atom stereocenters. The maximum atomic E-state index is 11.8. The molecule has 0 bridgehead atoms. The summed E-state index contributed by atoms with van der Waals surface area (Å²) >= 11 is 0. The molecule has 0 radical (unpaired) electrons. The van der Waals surface area contributed by atoms with Gasteiger partial charge >= 0.3 is 11.9 Å². The van der Waals surface area contributed by atoms with Gasteiger partial charge < -0.3 is 13.7 Å². The van der Waals surface area contributed by atoms with Crippen molar-refractivity contribution in [3.05, 3.63) is 53.2 Å². The van der Waals surface area contributed by atoms with Gasteiger partial charge in [-0.3, -0.25) is 20.4 Å². The summed E-state index contributed by atoms with van der Waals surface area (Å²) in [5.74, 6) is -1.85. The quantitative estimate of drug-likeness (QED) is 0.460. The molecule has 0 saturated heterocycles. The molecule has 2 N–H and O–H groups in total. The van der Waals surface area contributed by atoms with Crippen molar-refractivity contribution in [1.82, 2.24) is 15.4 Å². The Morgan fingerprint density at radius 1 is 1.30 bits per heavy atom. The summed E-state index contributed by atoms with van der Waals surface area (Å²) in [4.78, 5) is 35.0. The highest BCUT2D eigenvalue weighted by molar-refractivity contribution is 5.93. The monoisotopic (exact) mass is 371 g/mol. The van der Waals surface area contributed by atoms with E-state index in [4.69, 9.17) is 9.15 Å². The molecule has 2 aromatic heterocycles. The minimum atomic E-state index is -0.663. The maximum absolute atomic E-state index is 11.8. The van der Waals surface area contributed by atoms with Crippen molar-refractivity contribution in [3.8, 4) is 0 Å². The lowest BCUT2D eigenvalue weighted by Gasteiger charge is -2.06. The number of esters is 1. The molecule has 8 nitrogen and oxygen atoms in total. The second-order valence-corrected chi connectivity index (χ2v) is 6.35. The molecule has 0 unspecified atom stereocenters. The minimum Gasteiger partial charge on any atom is -0.459 e. The van der Waals surface area contributed by atoms with E-state index >= 15 is 0 Å². The molecule has 2 aromatic rings. The Balaban J connectivity index is 1.44. The first-order chi connectivity index (χ1) is 13.0. The normalized spacial score (nSPS) is 13.6. The molecule has 0 spiro atoms. The van der Waals surface area contributed by atoms with Crippen molar-refractivity contribution in [1.29, 1.82) is 0 Å². The van der Waals surface area contributed by atoms with Gasteiger partial charge in [0.05, 0.1) is 6.26 Å². The lowest BCUT2D eigenvalue weighted by molar-refractivity contribution is -0.144. The molecule has 1 fully saturated rings. The van der Waals surface area contributed by atoms with Gasteiger partial charge in [0.15, 0.2) is 12.4 Å². The van der Waals surface area contributed by atoms with E-state index in [0.717, 1.165) is 17.0 Å². The summed E-state index contributed by atoms with van der Waals surface area (Å²) in [5, 5.41) is 0. The molecule has 1 aliphatic carbocycles. The van der Waals surface area contributed by atoms with Crippen LogP contribution in [0.2, 0.25) is 0 Å². The zero-order valence-corrected chi connectivity index (χ0v) is 15.2. The molecule has 2 heterocycles. The predicted molar refractivity (Wildman–Crippen MR) is 96.5 cm³/mol. The topological polar surface area (TPSA) is 103 Å². The van der Waals surface area contributed by atoms with Gasteiger partial charge in [-0.05, 0) is 56.5 Å². The number of rotatable bonds is 6. The lowest BCUT2D eigenvalue weighted by atomic mass is 10.2. The number of ether oxygens (including phenoxy) is 1. The summed E-state index contributed by atoms with van der Waals surface area (Å²) in [6, 6.07) is 5.59. The van der Waals surface area contributed by atoms with Crippen LogP contribution >= 0.6 is 0 Å². The number of carbonyl (C=O) groups excluding carboxylic acids is 3. The third-order valence-electron chi connectivity index (χ3n) is 4.24. The van der Waals surface area contributed by atoms with Crippen molar-refractivity contribution in [3.63, 3.8) is 0 Å². The smallest absolute Gasteiger partial charge is 0.331 e. The largest absolute Gasteiger partial charge is 0.459 e. The molecule has 3 rings (SSSR count). The number of hydrogen-bond acceptors (Lipinski definition) is 5. The molecule has 27 heavy (non-hydrogen) atoms. The van der Waals surface area contributed by atoms with Gasteiger partial charge in [0.2, 0.25) is 0 Å². The van der Waals surface area contributed by atoms with Crippen LogP contribution in [0.4, 0.5) is 0 Å². The van der Waals surface area contributed by atoms with Crippen molar-refractivity contribution in [2.24, 2.45) is 0 Å². The van der Waals surface area contributed by atoms with Crippen LogP contribution in [0.1, 0.15) is 46.4 Å². The number of hydrazine groups is 1. The zero-order valence-electron chi connectivity index (χ0n) is 15.2. The van der Waals surface area contributed by atoms with E-state index in [0.29, 0.717) is 6.04 Å². The van der Waals surface area contributed by atoms with Crippen LogP contribution in [0.3, 0.4) is 0 Å². The summed E-state index contributed by atoms with van der Waals surface area (Å²) in [6.45, 7) is 3.55. The van der Waals surface area contributed by atoms with E-state index in [-0.39, 0.29) is 5.76 Å². The van der Waals surface area contributed by atoms with Gasteiger partial charge in [-0.25, -0.2) is 4.79 Å². The number of aryl methyl sites for hydroxylation is 1. The summed E-state index contributed by atoms with van der Waals surface area (Å²) in [5.41, 5.74) is 7.51. The van der Waals surface area contributed by atoms with Crippen LogP contribution in [0, 0.1) is 13.8 Å². The van der Waals surface area contributed by atoms with Crippen LogP contribution < -0.4 is 10.9 Å². The Labute approximate surface area is 156 Å². The molecule has 0 aromatic carbocycles. The number of furan rings is 1. The first-order valence-electron chi connectivity index (χ1n) is 8.61. The van der Waals surface area contributed by atoms with E-state index in [9.17, 15) is 14.4 Å². The van der Waals surface area contributed by atoms with E-state index in [1.54, 1.807) is 12.1 Å². The van der Waals surface area contributed by atoms with Crippen molar-refractivity contribution in [2.45, 2.75) is 32.7 Å². The number of nitrogens with zero attached hydrogens (tertiary/aromatic N) is 1. The zero-order chi connectivity index (χ0) is 19.4. The average Bonchev–Trinajstić information content (AvgIpc) is 3.22. The van der Waals surface area contributed by atoms with Gasteiger partial charge in [0.1, 0.15) is 0 Å². The van der Waals surface area contributed by atoms with E-state index in [2.05, 4.69) is 15.4 Å². The van der Waals surface area contributed by atoms with Gasteiger partial charge in [0, 0.05) is 23.5 Å². The molecular weight excluding hydrogens is 350 g/mol. The minimum absolute atomic E-state index is 0.0547. The number of aromatic nitrogens is 1. The van der Waals surface area contributed by atoms with Gasteiger partial charge in [0.25, 0.3) is 5.91 Å². The summed E-state index contributed by atoms with van der Waals surface area (Å²) < 4.78 is 12.0. The first kappa shape index (κ1) is 18.5. The van der Waals surface area contributed by atoms with E-state index < -0.39 is 24.4 Å². The maximum Gasteiger partial charge on any atom is 0.331 e. The SMILES string of the molecule is Cc1cc(/C=C/C(=O)OCC(=O)NNC(=O)c2ccco2)c(C)n1C1CC1. The van der Waals surface area contributed by atoms with Gasteiger partial charge in [-0.2, -0.15) is 0 Å². The van der Waals surface area contributed by atoms with Crippen LogP contribution in [0.5, 0.6) is 0 Å². The highest BCUT2D eigenvalue weighted by atomic mass is 16.5. The standard InChI is InChI=1S/C19H21N3O5/c1-12-10-14(13(2)22(12)15-6-7-15)5-8-18(24)27-11-17(23)20-21-19(25)16-4-3-9-26-16/h3-5,8-10,15H,6-7,11H2,1-2H3,(H,20,23)(H,21,25)/b8-5+. The fourth-order valence-corrected chi connectivity index (χ4v) is 2.84. The van der Waals surface area contributed by atoms with Crippen LogP contribution in [0.25, 0.3) is 6.08 Å². The van der Waals surface area contributed by atoms with Gasteiger partial charge in [-0.1, -0.05) is 0 Å². The van der Waals surface area contributed by atoms with Crippen LogP contribution in [0.15, 0.2) is 35.0 Å². The molecule has 1 saturated carbocycles. The highest BCUT2D eigenvalue weighted by Crippen LogP contribution is 2.38. The second-order valence-electron chi connectivity index (χ2n) is 6.35. The Morgan fingerprint density at radius 2 is 2.07 bits per heavy atom. The first-order valence-corrected chi connectivity index (χ1v) is 8.61. The molecule has 142 valence electrons. The highest BCUT2D eigenvalue weighted by Gasteiger charge is 2.26. The Kier molecular flexibility index (Phi) is 5.44. The Hall–Kier alpha value is -3.29. The van der Waals surface area contributed by atoms with Crippen LogP contribution in [-0.4, -0.2) is 29.0 Å². The van der Waals surface area contributed by atoms with E-state index in [1.807, 2.05) is 19.9 Å². The summed E-state index contributed by atoms with van der Waals surface area (Å²) in [7, 11) is 0. The van der Waals surface area contributed by atoms with Gasteiger partial charge in [-0.15, -0.1) is 0 Å². The third-order valence-corrected chi connectivity index (χ3v) is 4.24. The fourth-order valence-electron chi connectivity index (χ4n) is 2.84. The number of carbonyl (C=O) groups is 3. The molecule has 1 aliphatic rings. The lowest BCUT2D eigenvalue weighted by Crippen LogP contribution is -2.43. The third kappa shape index (κ3) is 4.66. The number of nitrogens with one attached hydrogen (secondary N) is 2. The van der Waals surface area contributed by atoms with Crippen molar-refractivity contribution < 1.29 is 23.5 Å². The molecule has 0 aliphatic heterocycles. The van der Waals surface area contributed by atoms with E-state index in [1.165, 1.54) is 31.2 Å². The Morgan fingerprint density at radius 3 is 2.74 bits per heavy atom. The second kappa shape index (κ2) is 7.94. The summed E-state index contributed by atoms with van der Waals surface area (Å²) in [6.07, 6.45) is 6.68. The van der Waals surface area contributed by atoms with Crippen molar-refractivity contribution in [2.75, 3.05) is 6.61 Å². The molecule has 2 amide bonds.